The molecular formula is C33H56O6. The van der Waals surface area contributed by atoms with E-state index >= 15 is 0 Å². The van der Waals surface area contributed by atoms with Crippen molar-refractivity contribution in [3.8, 4) is 0 Å². The molecule has 2 heterocycles. The fourth-order valence-corrected chi connectivity index (χ4v) is 11.3. The van der Waals surface area contributed by atoms with E-state index < -0.39 is 23.8 Å². The number of aliphatic hydroxyl groups is 2. The van der Waals surface area contributed by atoms with Crippen molar-refractivity contribution < 1.29 is 29.2 Å². The molecule has 4 aliphatic carbocycles. The summed E-state index contributed by atoms with van der Waals surface area (Å²) < 4.78 is 26.2. The van der Waals surface area contributed by atoms with E-state index in [2.05, 4.69) is 55.4 Å². The summed E-state index contributed by atoms with van der Waals surface area (Å²) in [6.45, 7) is 19.1. The summed E-state index contributed by atoms with van der Waals surface area (Å²) in [4.78, 5) is 0. The molecule has 0 bridgehead atoms. The van der Waals surface area contributed by atoms with Gasteiger partial charge in [0.15, 0.2) is 11.6 Å². The normalized spacial score (nSPS) is 49.2. The van der Waals surface area contributed by atoms with Crippen LogP contribution >= 0.6 is 0 Å². The smallest absolute Gasteiger partial charge is 0.172 e. The summed E-state index contributed by atoms with van der Waals surface area (Å²) in [5, 5.41) is 22.4. The first-order valence-corrected chi connectivity index (χ1v) is 16.2. The molecule has 6 heteroatoms. The molecule has 6 nitrogen and oxygen atoms in total. The minimum absolute atomic E-state index is 0.0781. The summed E-state index contributed by atoms with van der Waals surface area (Å²) in [5.41, 5.74) is 0.253. The minimum Gasteiger partial charge on any atom is -0.390 e. The lowest BCUT2D eigenvalue weighted by molar-refractivity contribution is -0.301. The highest BCUT2D eigenvalue weighted by molar-refractivity contribution is 5.16. The predicted octanol–water partition coefficient (Wildman–Crippen LogP) is 5.78. The van der Waals surface area contributed by atoms with Gasteiger partial charge in [0, 0.05) is 12.3 Å². The van der Waals surface area contributed by atoms with Gasteiger partial charge in [-0.25, -0.2) is 0 Å². The Bertz CT molecular complexity index is 914. The molecule has 4 saturated carbocycles. The number of hydrogen-bond donors (Lipinski definition) is 2. The van der Waals surface area contributed by atoms with E-state index in [0.29, 0.717) is 48.7 Å². The molecule has 39 heavy (non-hydrogen) atoms. The van der Waals surface area contributed by atoms with Gasteiger partial charge in [-0.1, -0.05) is 41.5 Å². The molecular weight excluding hydrogens is 492 g/mol. The van der Waals surface area contributed by atoms with E-state index in [-0.39, 0.29) is 34.9 Å². The maximum atomic E-state index is 11.4. The van der Waals surface area contributed by atoms with Crippen molar-refractivity contribution >= 4 is 0 Å². The van der Waals surface area contributed by atoms with Crippen LogP contribution in [-0.2, 0) is 18.9 Å². The van der Waals surface area contributed by atoms with Crippen LogP contribution in [0, 0.1) is 58.2 Å². The van der Waals surface area contributed by atoms with E-state index in [1.54, 1.807) is 0 Å². The van der Waals surface area contributed by atoms with Crippen LogP contribution in [0.15, 0.2) is 0 Å². The molecule has 224 valence electrons. The fourth-order valence-electron chi connectivity index (χ4n) is 11.3. The molecule has 0 radical (unpaired) electrons. The van der Waals surface area contributed by atoms with Crippen LogP contribution in [0.5, 0.6) is 0 Å². The standard InChI is InChI=1S/C33H56O6/c1-18(2)19(3)28(34)29(35)20(4)22-9-10-23-21-16-33(36-13-14-37-33)27-15-25-26(39-30(5,6)38-25)17-32(27,8)24(21)11-12-31(22,23)7/h18-29,34-35H,9-17H2,1-8H3/t19-,20-,21-,22+,23-,24-,25-,26+,27?,28+,29+,31+,32+/m0/s1. The lowest BCUT2D eigenvalue weighted by atomic mass is 9.42. The van der Waals surface area contributed by atoms with Gasteiger partial charge in [-0.15, -0.1) is 0 Å². The topological polar surface area (TPSA) is 77.4 Å². The molecule has 0 aromatic carbocycles. The van der Waals surface area contributed by atoms with Crippen LogP contribution in [0.1, 0.15) is 100 Å². The van der Waals surface area contributed by atoms with Gasteiger partial charge in [0.2, 0.25) is 0 Å². The van der Waals surface area contributed by atoms with Crippen LogP contribution in [0.2, 0.25) is 0 Å². The second-order valence-corrected chi connectivity index (χ2v) is 16.0. The number of rotatable bonds is 5. The van der Waals surface area contributed by atoms with Gasteiger partial charge in [0.05, 0.1) is 37.6 Å². The molecule has 6 fully saturated rings. The zero-order chi connectivity index (χ0) is 28.1. The predicted molar refractivity (Wildman–Crippen MR) is 150 cm³/mol. The van der Waals surface area contributed by atoms with Crippen LogP contribution in [0.3, 0.4) is 0 Å². The molecule has 6 rings (SSSR count). The Morgan fingerprint density at radius 1 is 0.744 bits per heavy atom. The third kappa shape index (κ3) is 4.32. The second-order valence-electron chi connectivity index (χ2n) is 16.0. The van der Waals surface area contributed by atoms with E-state index in [4.69, 9.17) is 18.9 Å². The quantitative estimate of drug-likeness (QED) is 0.454. The first-order chi connectivity index (χ1) is 18.2. The first-order valence-electron chi connectivity index (χ1n) is 16.2. The highest BCUT2D eigenvalue weighted by Gasteiger charge is 2.70. The Labute approximate surface area is 236 Å². The fraction of sp³-hybridized carbons (Fsp3) is 1.00. The summed E-state index contributed by atoms with van der Waals surface area (Å²) >= 11 is 0. The van der Waals surface area contributed by atoms with Crippen LogP contribution in [-0.4, -0.2) is 59.4 Å². The van der Waals surface area contributed by atoms with Gasteiger partial charge in [-0.3, -0.25) is 0 Å². The lowest BCUT2D eigenvalue weighted by Crippen LogP contribution is -2.65. The second kappa shape index (κ2) is 9.64. The van der Waals surface area contributed by atoms with Crippen molar-refractivity contribution in [2.24, 2.45) is 58.2 Å². The number of fused-ring (bicyclic) bond motifs is 7. The molecule has 0 aromatic rings. The van der Waals surface area contributed by atoms with E-state index in [9.17, 15) is 10.2 Å². The summed E-state index contributed by atoms with van der Waals surface area (Å²) in [5.74, 6) is 1.96. The molecule has 13 atom stereocenters. The maximum absolute atomic E-state index is 11.4. The van der Waals surface area contributed by atoms with Gasteiger partial charge in [0.1, 0.15) is 0 Å². The van der Waals surface area contributed by atoms with E-state index in [0.717, 1.165) is 25.7 Å². The Kier molecular flexibility index (Phi) is 7.13. The zero-order valence-corrected chi connectivity index (χ0v) is 25.8. The molecule has 2 saturated heterocycles. The monoisotopic (exact) mass is 548 g/mol. The van der Waals surface area contributed by atoms with Crippen molar-refractivity contribution in [2.45, 2.75) is 136 Å². The number of aliphatic hydroxyl groups excluding tert-OH is 2. The van der Waals surface area contributed by atoms with Crippen molar-refractivity contribution in [3.05, 3.63) is 0 Å². The van der Waals surface area contributed by atoms with E-state index in [1.807, 2.05) is 0 Å². The largest absolute Gasteiger partial charge is 0.390 e. The molecule has 2 N–H and O–H groups in total. The zero-order valence-electron chi connectivity index (χ0n) is 25.8. The Morgan fingerprint density at radius 3 is 2.05 bits per heavy atom. The van der Waals surface area contributed by atoms with Crippen molar-refractivity contribution in [3.63, 3.8) is 0 Å². The maximum Gasteiger partial charge on any atom is 0.172 e. The Hall–Kier alpha value is -0.240. The van der Waals surface area contributed by atoms with Crippen LogP contribution in [0.4, 0.5) is 0 Å². The summed E-state index contributed by atoms with van der Waals surface area (Å²) in [6.07, 6.45) is 6.60. The van der Waals surface area contributed by atoms with Crippen molar-refractivity contribution in [1.82, 2.24) is 0 Å². The average molecular weight is 549 g/mol. The average Bonchev–Trinajstić information content (AvgIpc) is 3.55. The Morgan fingerprint density at radius 2 is 1.38 bits per heavy atom. The van der Waals surface area contributed by atoms with Gasteiger partial charge >= 0.3 is 0 Å². The van der Waals surface area contributed by atoms with Gasteiger partial charge in [-0.05, 0) is 105 Å². The third-order valence-corrected chi connectivity index (χ3v) is 13.5. The highest BCUT2D eigenvalue weighted by atomic mass is 16.8. The van der Waals surface area contributed by atoms with Gasteiger partial charge in [0.25, 0.3) is 0 Å². The van der Waals surface area contributed by atoms with Crippen molar-refractivity contribution in [2.75, 3.05) is 13.2 Å². The molecule has 0 amide bonds. The van der Waals surface area contributed by atoms with E-state index in [1.165, 1.54) is 19.3 Å². The minimum atomic E-state index is -0.681. The highest BCUT2D eigenvalue weighted by Crippen LogP contribution is 2.71. The van der Waals surface area contributed by atoms with Gasteiger partial charge < -0.3 is 29.2 Å². The first kappa shape index (κ1) is 28.9. The SMILES string of the molecule is CC(C)[C@H](C)[C@@H](O)[C@H](O)[C@@H](C)[C@H]1CC[C@H]2[C@@H]3CC4(OCCO4)C4C[C@@H]5OC(C)(C)O[C@@H]5C[C@]4(C)[C@H]3CC[C@]12C. The van der Waals surface area contributed by atoms with Crippen molar-refractivity contribution in [1.29, 1.82) is 0 Å². The molecule has 1 spiro atoms. The molecule has 2 aliphatic heterocycles. The molecule has 1 unspecified atom stereocenters. The van der Waals surface area contributed by atoms with Crippen LogP contribution < -0.4 is 0 Å². The number of ether oxygens (including phenoxy) is 4. The summed E-state index contributed by atoms with van der Waals surface area (Å²) in [6, 6.07) is 0. The lowest BCUT2D eigenvalue weighted by Gasteiger charge is -2.65. The molecule has 6 aliphatic rings. The third-order valence-electron chi connectivity index (χ3n) is 13.5. The molecule has 0 aromatic heterocycles. The number of hydrogen-bond acceptors (Lipinski definition) is 6. The summed E-state index contributed by atoms with van der Waals surface area (Å²) in [7, 11) is 0. The van der Waals surface area contributed by atoms with Gasteiger partial charge in [-0.2, -0.15) is 0 Å². The van der Waals surface area contributed by atoms with Crippen LogP contribution in [0.25, 0.3) is 0 Å². The Balaban J connectivity index is 1.28.